The summed E-state index contributed by atoms with van der Waals surface area (Å²) in [5.41, 5.74) is 4.11. The zero-order valence-corrected chi connectivity index (χ0v) is 16.0. The topological polar surface area (TPSA) is 92.8 Å². The summed E-state index contributed by atoms with van der Waals surface area (Å²) in [6.45, 7) is 0.320. The van der Waals surface area contributed by atoms with Crippen molar-refractivity contribution in [2.75, 3.05) is 0 Å². The zero-order valence-electron chi connectivity index (χ0n) is 16.0. The molecule has 5 aromatic rings. The number of pyridine rings is 1. The summed E-state index contributed by atoms with van der Waals surface area (Å²) in [6.07, 6.45) is 6.05. The molecule has 0 aliphatic rings. The molecule has 7 nitrogen and oxygen atoms in total. The fourth-order valence-electron chi connectivity index (χ4n) is 3.45. The van der Waals surface area contributed by atoms with Gasteiger partial charge in [0.15, 0.2) is 11.5 Å². The molecule has 0 bridgehead atoms. The van der Waals surface area contributed by atoms with E-state index >= 15 is 0 Å². The largest absolute Gasteiger partial charge is 0.453 e. The number of imidazole rings is 1. The van der Waals surface area contributed by atoms with E-state index in [1.54, 1.807) is 24.9 Å². The number of H-pyrrole nitrogens is 1. The van der Waals surface area contributed by atoms with Gasteiger partial charge in [-0.3, -0.25) is 10.1 Å². The Morgan fingerprint density at radius 2 is 1.83 bits per heavy atom. The van der Waals surface area contributed by atoms with Crippen LogP contribution < -0.4 is 0 Å². The molecule has 1 aromatic carbocycles. The van der Waals surface area contributed by atoms with E-state index in [9.17, 15) is 5.11 Å². The van der Waals surface area contributed by atoms with Gasteiger partial charge >= 0.3 is 0 Å². The Morgan fingerprint density at radius 3 is 2.60 bits per heavy atom. The van der Waals surface area contributed by atoms with Gasteiger partial charge in [0.05, 0.1) is 24.7 Å². The van der Waals surface area contributed by atoms with Crippen molar-refractivity contribution in [2.45, 2.75) is 12.6 Å². The predicted octanol–water partition coefficient (Wildman–Crippen LogP) is 4.33. The normalized spacial score (nSPS) is 12.2. The molecule has 0 aliphatic heterocycles. The van der Waals surface area contributed by atoms with Crippen LogP contribution in [0.4, 0.5) is 0 Å². The summed E-state index contributed by atoms with van der Waals surface area (Å²) >= 11 is 0. The number of nitrogens with one attached hydrogen (secondary N) is 1. The molecule has 148 valence electrons. The Balaban J connectivity index is 1.57. The Labute approximate surface area is 172 Å². The molecule has 0 aliphatic carbocycles. The van der Waals surface area contributed by atoms with Crippen molar-refractivity contribution in [3.63, 3.8) is 0 Å². The van der Waals surface area contributed by atoms with E-state index in [2.05, 4.69) is 20.2 Å². The number of rotatable bonds is 6. The van der Waals surface area contributed by atoms with Crippen LogP contribution in [0.2, 0.25) is 0 Å². The van der Waals surface area contributed by atoms with Crippen LogP contribution in [0.25, 0.3) is 34.2 Å². The van der Waals surface area contributed by atoms with Crippen LogP contribution in [0.15, 0.2) is 90.0 Å². The van der Waals surface area contributed by atoms with Crippen LogP contribution in [0.3, 0.4) is 0 Å². The predicted molar refractivity (Wildman–Crippen MR) is 112 cm³/mol. The maximum absolute atomic E-state index is 10.7. The second kappa shape index (κ2) is 7.81. The van der Waals surface area contributed by atoms with Crippen molar-refractivity contribution in [3.05, 3.63) is 91.1 Å². The van der Waals surface area contributed by atoms with Gasteiger partial charge in [0.1, 0.15) is 11.4 Å². The standard InChI is InChI=1S/C23H19N5O2/c29-19(17-7-4-11-24-13-17)14-28-15-25-22(16-5-2-1-3-6-16)23(28)21-9-8-20(30-21)18-10-12-26-27-18/h1-13,15,19,29H,14H2,(H,26,27). The van der Waals surface area contributed by atoms with Gasteiger partial charge in [-0.2, -0.15) is 5.10 Å². The number of hydrogen-bond acceptors (Lipinski definition) is 5. The average molecular weight is 397 g/mol. The van der Waals surface area contributed by atoms with E-state index < -0.39 is 6.10 Å². The van der Waals surface area contributed by atoms with Crippen LogP contribution in [0.5, 0.6) is 0 Å². The molecular weight excluding hydrogens is 378 g/mol. The molecule has 4 aromatic heterocycles. The number of aromatic nitrogens is 5. The Morgan fingerprint density at radius 1 is 0.967 bits per heavy atom. The van der Waals surface area contributed by atoms with Crippen LogP contribution in [-0.2, 0) is 6.54 Å². The van der Waals surface area contributed by atoms with E-state index in [4.69, 9.17) is 4.42 Å². The minimum atomic E-state index is -0.725. The first-order valence-corrected chi connectivity index (χ1v) is 9.58. The molecule has 0 radical (unpaired) electrons. The maximum Gasteiger partial charge on any atom is 0.153 e. The fraction of sp³-hybridized carbons (Fsp3) is 0.0870. The molecular formula is C23H19N5O2. The summed E-state index contributed by atoms with van der Waals surface area (Å²) in [5, 5.41) is 17.6. The molecule has 0 spiro atoms. The van der Waals surface area contributed by atoms with Gasteiger partial charge in [-0.1, -0.05) is 36.4 Å². The monoisotopic (exact) mass is 397 g/mol. The SMILES string of the molecule is OC(Cn1cnc(-c2ccccc2)c1-c1ccc(-c2ccn[nH]2)o1)c1cccnc1. The molecule has 2 N–H and O–H groups in total. The third-order valence-electron chi connectivity index (χ3n) is 4.93. The Bertz CT molecular complexity index is 1230. The molecule has 7 heteroatoms. The van der Waals surface area contributed by atoms with Gasteiger partial charge in [-0.15, -0.1) is 0 Å². The third-order valence-corrected chi connectivity index (χ3v) is 4.93. The lowest BCUT2D eigenvalue weighted by molar-refractivity contribution is 0.156. The molecule has 0 saturated carbocycles. The van der Waals surface area contributed by atoms with Crippen molar-refractivity contribution in [2.24, 2.45) is 0 Å². The number of furan rings is 1. The molecule has 0 amide bonds. The van der Waals surface area contributed by atoms with Crippen LogP contribution >= 0.6 is 0 Å². The second-order valence-corrected chi connectivity index (χ2v) is 6.90. The van der Waals surface area contributed by atoms with Crippen LogP contribution in [0.1, 0.15) is 11.7 Å². The minimum Gasteiger partial charge on any atom is -0.453 e. The van der Waals surface area contributed by atoms with Gasteiger partial charge in [0.25, 0.3) is 0 Å². The lowest BCUT2D eigenvalue weighted by Gasteiger charge is -2.14. The Hall–Kier alpha value is -3.97. The van der Waals surface area contributed by atoms with Crippen molar-refractivity contribution in [1.29, 1.82) is 0 Å². The average Bonchev–Trinajstić information content (AvgIpc) is 3.55. The maximum atomic E-state index is 10.7. The number of aliphatic hydroxyl groups is 1. The lowest BCUT2D eigenvalue weighted by atomic mass is 10.1. The zero-order chi connectivity index (χ0) is 20.3. The molecule has 0 fully saturated rings. The highest BCUT2D eigenvalue weighted by molar-refractivity contribution is 5.77. The third kappa shape index (κ3) is 3.42. The summed E-state index contributed by atoms with van der Waals surface area (Å²) in [7, 11) is 0. The molecule has 5 rings (SSSR count). The summed E-state index contributed by atoms with van der Waals surface area (Å²) in [4.78, 5) is 8.74. The van der Waals surface area contributed by atoms with Gasteiger partial charge in [-0.05, 0) is 24.3 Å². The van der Waals surface area contributed by atoms with E-state index in [1.165, 1.54) is 0 Å². The first-order chi connectivity index (χ1) is 14.8. The summed E-state index contributed by atoms with van der Waals surface area (Å²) in [5.74, 6) is 1.34. The highest BCUT2D eigenvalue weighted by atomic mass is 16.3. The number of aromatic amines is 1. The van der Waals surface area contributed by atoms with E-state index in [0.29, 0.717) is 18.1 Å². The fourth-order valence-corrected chi connectivity index (χ4v) is 3.45. The van der Waals surface area contributed by atoms with Crippen LogP contribution in [-0.4, -0.2) is 29.8 Å². The van der Waals surface area contributed by atoms with Crippen LogP contribution in [0, 0.1) is 0 Å². The van der Waals surface area contributed by atoms with E-state index in [0.717, 1.165) is 28.2 Å². The number of hydrogen-bond donors (Lipinski definition) is 2. The lowest BCUT2D eigenvalue weighted by Crippen LogP contribution is -2.09. The summed E-state index contributed by atoms with van der Waals surface area (Å²) in [6, 6.07) is 19.3. The molecule has 0 saturated heterocycles. The summed E-state index contributed by atoms with van der Waals surface area (Å²) < 4.78 is 8.05. The van der Waals surface area contributed by atoms with E-state index in [1.807, 2.05) is 65.2 Å². The number of nitrogens with zero attached hydrogens (tertiary/aromatic N) is 4. The first-order valence-electron chi connectivity index (χ1n) is 9.58. The quantitative estimate of drug-likeness (QED) is 0.445. The van der Waals surface area contributed by atoms with Crippen molar-refractivity contribution in [1.82, 2.24) is 24.7 Å². The van der Waals surface area contributed by atoms with Gasteiger partial charge < -0.3 is 14.1 Å². The van der Waals surface area contributed by atoms with Crippen molar-refractivity contribution >= 4 is 0 Å². The van der Waals surface area contributed by atoms with Crippen molar-refractivity contribution < 1.29 is 9.52 Å². The smallest absolute Gasteiger partial charge is 0.153 e. The minimum absolute atomic E-state index is 0.320. The second-order valence-electron chi connectivity index (χ2n) is 6.90. The van der Waals surface area contributed by atoms with Gasteiger partial charge in [0.2, 0.25) is 0 Å². The Kier molecular flexibility index (Phi) is 4.71. The van der Waals surface area contributed by atoms with E-state index in [-0.39, 0.29) is 0 Å². The molecule has 1 unspecified atom stereocenters. The van der Waals surface area contributed by atoms with Gasteiger partial charge in [0, 0.05) is 29.7 Å². The van der Waals surface area contributed by atoms with Gasteiger partial charge in [-0.25, -0.2) is 4.98 Å². The number of aliphatic hydroxyl groups excluding tert-OH is 1. The molecule has 30 heavy (non-hydrogen) atoms. The number of benzene rings is 1. The molecule has 1 atom stereocenters. The van der Waals surface area contributed by atoms with Crippen molar-refractivity contribution in [3.8, 4) is 34.2 Å². The highest BCUT2D eigenvalue weighted by Crippen LogP contribution is 2.35. The molecule has 4 heterocycles. The first kappa shape index (κ1) is 18.1. The highest BCUT2D eigenvalue weighted by Gasteiger charge is 2.21.